The van der Waals surface area contributed by atoms with Crippen molar-refractivity contribution in [2.45, 2.75) is 47.3 Å². The lowest BCUT2D eigenvalue weighted by Gasteiger charge is -2.13. The first kappa shape index (κ1) is 25.1. The number of hydrogen-bond donors (Lipinski definition) is 2. The molecule has 0 unspecified atom stereocenters. The molecule has 0 spiro atoms. The second-order valence-corrected chi connectivity index (χ2v) is 6.63. The molecule has 6 nitrogen and oxygen atoms in total. The van der Waals surface area contributed by atoms with E-state index in [9.17, 15) is 8.78 Å². The fourth-order valence-corrected chi connectivity index (χ4v) is 3.03. The monoisotopic (exact) mass is 521 g/mol. The van der Waals surface area contributed by atoms with Crippen molar-refractivity contribution in [3.63, 3.8) is 0 Å². The summed E-state index contributed by atoms with van der Waals surface area (Å²) in [6.07, 6.45) is 0.820. The van der Waals surface area contributed by atoms with Crippen molar-refractivity contribution in [2.24, 2.45) is 12.0 Å². The number of aliphatic imine (C=N–C) groups is 1. The summed E-state index contributed by atoms with van der Waals surface area (Å²) < 4.78 is 31.7. The van der Waals surface area contributed by atoms with Crippen molar-refractivity contribution in [1.82, 2.24) is 20.4 Å². The molecule has 2 aromatic rings. The van der Waals surface area contributed by atoms with E-state index in [0.717, 1.165) is 23.4 Å². The molecule has 2 rings (SSSR count). The lowest BCUT2D eigenvalue weighted by atomic mass is 10.1. The van der Waals surface area contributed by atoms with Gasteiger partial charge in [-0.15, -0.1) is 24.0 Å². The maximum atomic E-state index is 12.6. The van der Waals surface area contributed by atoms with Gasteiger partial charge in [0.25, 0.3) is 0 Å². The Kier molecular flexibility index (Phi) is 10.3. The normalized spacial score (nSPS) is 11.4. The van der Waals surface area contributed by atoms with Gasteiger partial charge in [0.05, 0.1) is 12.2 Å². The van der Waals surface area contributed by atoms with E-state index in [2.05, 4.69) is 32.4 Å². The number of ether oxygens (including phenoxy) is 1. The number of nitrogens with one attached hydrogen (secondary N) is 2. The molecule has 1 aromatic carbocycles. The summed E-state index contributed by atoms with van der Waals surface area (Å²) in [4.78, 5) is 4.52. The zero-order valence-corrected chi connectivity index (χ0v) is 19.9. The standard InChI is InChI=1S/C20H29F2N5O.HI/c1-6-23-20(24-10-9-17-14(3)26-27(5)15(17)4)25-12-16-11-13(2)7-8-18(16)28-19(21)22;/h7-8,11,19H,6,9-10,12H2,1-5H3,(H2,23,24,25);1H. The molecule has 0 bridgehead atoms. The average Bonchev–Trinajstić information content (AvgIpc) is 2.87. The minimum absolute atomic E-state index is 0. The number of alkyl halides is 2. The molecule has 0 aliphatic carbocycles. The largest absolute Gasteiger partial charge is 0.434 e. The highest BCUT2D eigenvalue weighted by Crippen LogP contribution is 2.23. The van der Waals surface area contributed by atoms with Crippen LogP contribution in [0.25, 0.3) is 0 Å². The number of aromatic nitrogens is 2. The summed E-state index contributed by atoms with van der Waals surface area (Å²) in [6.45, 7) is 6.71. The zero-order valence-electron chi connectivity index (χ0n) is 17.6. The molecule has 0 atom stereocenters. The van der Waals surface area contributed by atoms with Gasteiger partial charge in [-0.1, -0.05) is 17.7 Å². The molecule has 1 heterocycles. The van der Waals surface area contributed by atoms with Crippen LogP contribution in [0.2, 0.25) is 0 Å². The molecule has 0 radical (unpaired) electrons. The third kappa shape index (κ3) is 7.45. The van der Waals surface area contributed by atoms with Crippen LogP contribution >= 0.6 is 24.0 Å². The number of halogens is 3. The van der Waals surface area contributed by atoms with Gasteiger partial charge in [0.1, 0.15) is 5.75 Å². The fraction of sp³-hybridized carbons (Fsp3) is 0.500. The number of aryl methyl sites for hydroxylation is 3. The summed E-state index contributed by atoms with van der Waals surface area (Å²) >= 11 is 0. The van der Waals surface area contributed by atoms with Gasteiger partial charge in [0.15, 0.2) is 5.96 Å². The van der Waals surface area contributed by atoms with Gasteiger partial charge >= 0.3 is 6.61 Å². The van der Waals surface area contributed by atoms with Crippen LogP contribution < -0.4 is 15.4 Å². The first-order valence-corrected chi connectivity index (χ1v) is 9.37. The molecule has 0 fully saturated rings. The van der Waals surface area contributed by atoms with Crippen LogP contribution in [0.1, 0.15) is 35.0 Å². The van der Waals surface area contributed by atoms with Crippen LogP contribution in [0, 0.1) is 20.8 Å². The Morgan fingerprint density at radius 3 is 2.55 bits per heavy atom. The number of benzene rings is 1. The first-order valence-electron chi connectivity index (χ1n) is 9.37. The predicted octanol–water partition coefficient (Wildman–Crippen LogP) is 3.86. The number of nitrogens with zero attached hydrogens (tertiary/aromatic N) is 3. The SMILES string of the molecule is CCNC(=NCc1cc(C)ccc1OC(F)F)NCCc1c(C)nn(C)c1C.I. The van der Waals surface area contributed by atoms with Crippen LogP contribution in [-0.2, 0) is 20.0 Å². The summed E-state index contributed by atoms with van der Waals surface area (Å²) in [6, 6.07) is 5.11. The van der Waals surface area contributed by atoms with E-state index in [1.165, 1.54) is 5.56 Å². The van der Waals surface area contributed by atoms with E-state index in [1.54, 1.807) is 12.1 Å². The Morgan fingerprint density at radius 2 is 1.97 bits per heavy atom. The molecule has 162 valence electrons. The third-order valence-corrected chi connectivity index (χ3v) is 4.51. The molecule has 0 saturated heterocycles. The van der Waals surface area contributed by atoms with Crippen molar-refractivity contribution >= 4 is 29.9 Å². The van der Waals surface area contributed by atoms with Crippen LogP contribution in [0.5, 0.6) is 5.75 Å². The average molecular weight is 521 g/mol. The quantitative estimate of drug-likeness (QED) is 0.315. The van der Waals surface area contributed by atoms with E-state index in [0.29, 0.717) is 24.6 Å². The topological polar surface area (TPSA) is 63.5 Å². The van der Waals surface area contributed by atoms with Gasteiger partial charge < -0.3 is 15.4 Å². The Hall–Kier alpha value is -1.91. The Morgan fingerprint density at radius 1 is 1.24 bits per heavy atom. The van der Waals surface area contributed by atoms with E-state index >= 15 is 0 Å². The Balaban J connectivity index is 0.00000420. The Labute approximate surface area is 188 Å². The van der Waals surface area contributed by atoms with Crippen molar-refractivity contribution in [1.29, 1.82) is 0 Å². The van der Waals surface area contributed by atoms with E-state index in [-0.39, 0.29) is 36.3 Å². The van der Waals surface area contributed by atoms with E-state index in [4.69, 9.17) is 0 Å². The molecule has 0 aliphatic rings. The van der Waals surface area contributed by atoms with Gasteiger partial charge in [0, 0.05) is 31.4 Å². The maximum Gasteiger partial charge on any atom is 0.387 e. The summed E-state index contributed by atoms with van der Waals surface area (Å²) in [5.41, 5.74) is 4.98. The zero-order chi connectivity index (χ0) is 20.7. The molecular weight excluding hydrogens is 491 g/mol. The van der Waals surface area contributed by atoms with Gasteiger partial charge in [-0.25, -0.2) is 4.99 Å². The van der Waals surface area contributed by atoms with Crippen LogP contribution in [0.4, 0.5) is 8.78 Å². The molecule has 29 heavy (non-hydrogen) atoms. The predicted molar refractivity (Wildman–Crippen MR) is 122 cm³/mol. The molecule has 0 amide bonds. The Bertz CT molecular complexity index is 823. The van der Waals surface area contributed by atoms with E-state index < -0.39 is 6.61 Å². The first-order chi connectivity index (χ1) is 13.3. The highest BCUT2D eigenvalue weighted by Gasteiger charge is 2.11. The van der Waals surface area contributed by atoms with Crippen molar-refractivity contribution in [3.8, 4) is 5.75 Å². The van der Waals surface area contributed by atoms with Gasteiger partial charge in [-0.3, -0.25) is 4.68 Å². The van der Waals surface area contributed by atoms with Gasteiger partial charge in [-0.2, -0.15) is 13.9 Å². The fourth-order valence-electron chi connectivity index (χ4n) is 3.03. The van der Waals surface area contributed by atoms with Crippen LogP contribution in [0.3, 0.4) is 0 Å². The van der Waals surface area contributed by atoms with Gasteiger partial charge in [-0.05, 0) is 45.7 Å². The number of hydrogen-bond acceptors (Lipinski definition) is 3. The smallest absolute Gasteiger partial charge is 0.387 e. The van der Waals surface area contributed by atoms with Crippen LogP contribution in [0.15, 0.2) is 23.2 Å². The van der Waals surface area contributed by atoms with Crippen LogP contribution in [-0.4, -0.2) is 35.4 Å². The molecule has 0 aliphatic heterocycles. The van der Waals surface area contributed by atoms with Crippen molar-refractivity contribution in [3.05, 3.63) is 46.3 Å². The maximum absolute atomic E-state index is 12.6. The van der Waals surface area contributed by atoms with Crippen molar-refractivity contribution < 1.29 is 13.5 Å². The lowest BCUT2D eigenvalue weighted by molar-refractivity contribution is -0.0504. The lowest BCUT2D eigenvalue weighted by Crippen LogP contribution is -2.38. The minimum Gasteiger partial charge on any atom is -0.434 e. The highest BCUT2D eigenvalue weighted by atomic mass is 127. The number of guanidine groups is 1. The second-order valence-electron chi connectivity index (χ2n) is 6.63. The molecule has 9 heteroatoms. The molecule has 1 aromatic heterocycles. The molecule has 0 saturated carbocycles. The second kappa shape index (κ2) is 11.9. The highest BCUT2D eigenvalue weighted by molar-refractivity contribution is 14.0. The third-order valence-electron chi connectivity index (χ3n) is 4.51. The van der Waals surface area contributed by atoms with E-state index in [1.807, 2.05) is 38.6 Å². The van der Waals surface area contributed by atoms with Crippen molar-refractivity contribution in [2.75, 3.05) is 13.1 Å². The van der Waals surface area contributed by atoms with Gasteiger partial charge in [0.2, 0.25) is 0 Å². The minimum atomic E-state index is -2.86. The molecular formula is C20H30F2IN5O. The number of rotatable bonds is 8. The molecule has 2 N–H and O–H groups in total. The summed E-state index contributed by atoms with van der Waals surface area (Å²) in [7, 11) is 1.94. The summed E-state index contributed by atoms with van der Waals surface area (Å²) in [5.74, 6) is 0.785. The summed E-state index contributed by atoms with van der Waals surface area (Å²) in [5, 5.41) is 10.9.